The summed E-state index contributed by atoms with van der Waals surface area (Å²) in [5.74, 6) is -1.05. The Bertz CT molecular complexity index is 752. The zero-order chi connectivity index (χ0) is 14.7. The molecule has 0 amide bonds. The molecule has 0 bridgehead atoms. The molecule has 1 aromatic carbocycles. The Kier molecular flexibility index (Phi) is 2.94. The maximum absolute atomic E-state index is 12.7. The Hall–Kier alpha value is -1.36. The van der Waals surface area contributed by atoms with Crippen LogP contribution in [0.5, 0.6) is 5.75 Å². The highest BCUT2D eigenvalue weighted by Crippen LogP contribution is 2.47. The van der Waals surface area contributed by atoms with Gasteiger partial charge in [-0.15, -0.1) is 11.3 Å². The van der Waals surface area contributed by atoms with Gasteiger partial charge in [-0.1, -0.05) is 29.3 Å². The average molecular weight is 327 g/mol. The van der Waals surface area contributed by atoms with Crippen LogP contribution in [0.2, 0.25) is 10.0 Å². The van der Waals surface area contributed by atoms with Crippen LogP contribution in [-0.2, 0) is 5.41 Å². The fourth-order valence-corrected chi connectivity index (χ4v) is 3.74. The smallest absolute Gasteiger partial charge is 0.184 e. The number of ketones is 2. The predicted octanol–water partition coefficient (Wildman–Crippen LogP) is 4.10. The van der Waals surface area contributed by atoms with Gasteiger partial charge in [0.25, 0.3) is 0 Å². The molecule has 1 N–H and O–H groups in total. The lowest BCUT2D eigenvalue weighted by Crippen LogP contribution is -2.33. The summed E-state index contributed by atoms with van der Waals surface area (Å²) in [5, 5.41) is 11.3. The summed E-state index contributed by atoms with van der Waals surface area (Å²) in [6, 6.07) is 4.73. The number of benzene rings is 1. The highest BCUT2D eigenvalue weighted by molar-refractivity contribution is 7.10. The van der Waals surface area contributed by atoms with Crippen LogP contribution in [0.25, 0.3) is 0 Å². The van der Waals surface area contributed by atoms with Gasteiger partial charge in [-0.05, 0) is 24.4 Å². The molecule has 0 saturated carbocycles. The third-order valence-corrected chi connectivity index (χ3v) is 5.53. The molecule has 1 heterocycles. The minimum atomic E-state index is -1.29. The van der Waals surface area contributed by atoms with Crippen LogP contribution in [0.15, 0.2) is 23.6 Å². The fourth-order valence-electron chi connectivity index (χ4n) is 2.42. The second-order valence-electron chi connectivity index (χ2n) is 4.71. The van der Waals surface area contributed by atoms with Gasteiger partial charge < -0.3 is 5.11 Å². The second-order valence-corrected chi connectivity index (χ2v) is 6.41. The summed E-state index contributed by atoms with van der Waals surface area (Å²) >= 11 is 13.2. The van der Waals surface area contributed by atoms with Crippen LogP contribution >= 0.6 is 34.5 Å². The Morgan fingerprint density at radius 1 is 1.20 bits per heavy atom. The minimum Gasteiger partial charge on any atom is -0.506 e. The van der Waals surface area contributed by atoms with Crippen LogP contribution < -0.4 is 0 Å². The van der Waals surface area contributed by atoms with E-state index >= 15 is 0 Å². The van der Waals surface area contributed by atoms with E-state index in [1.807, 2.05) is 0 Å². The molecule has 20 heavy (non-hydrogen) atoms. The first-order chi connectivity index (χ1) is 9.39. The van der Waals surface area contributed by atoms with E-state index in [1.54, 1.807) is 24.4 Å². The van der Waals surface area contributed by atoms with Crippen molar-refractivity contribution in [2.24, 2.45) is 0 Å². The fraction of sp³-hybridized carbons (Fsp3) is 0.143. The first-order valence-corrected chi connectivity index (χ1v) is 7.37. The van der Waals surface area contributed by atoms with Crippen LogP contribution in [0, 0.1) is 0 Å². The number of halogens is 2. The van der Waals surface area contributed by atoms with Crippen molar-refractivity contribution >= 4 is 46.1 Å². The predicted molar refractivity (Wildman–Crippen MR) is 78.5 cm³/mol. The molecule has 0 aliphatic heterocycles. The number of hydrogen-bond acceptors (Lipinski definition) is 4. The number of phenols is 1. The molecule has 3 rings (SSSR count). The number of rotatable bonds is 1. The van der Waals surface area contributed by atoms with Gasteiger partial charge in [0, 0.05) is 10.4 Å². The molecule has 0 saturated heterocycles. The van der Waals surface area contributed by atoms with Crippen molar-refractivity contribution < 1.29 is 14.7 Å². The number of carbonyl (C=O) groups is 2. The maximum atomic E-state index is 12.7. The van der Waals surface area contributed by atoms with Gasteiger partial charge >= 0.3 is 0 Å². The molecule has 1 aliphatic carbocycles. The van der Waals surface area contributed by atoms with E-state index in [0.717, 1.165) is 0 Å². The van der Waals surface area contributed by atoms with Crippen LogP contribution in [-0.4, -0.2) is 16.7 Å². The molecule has 1 unspecified atom stereocenters. The quantitative estimate of drug-likeness (QED) is 0.803. The van der Waals surface area contributed by atoms with Crippen molar-refractivity contribution in [1.82, 2.24) is 0 Å². The summed E-state index contributed by atoms with van der Waals surface area (Å²) in [7, 11) is 0. The summed E-state index contributed by atoms with van der Waals surface area (Å²) in [6.07, 6.45) is 0. The Balaban J connectivity index is 2.31. The summed E-state index contributed by atoms with van der Waals surface area (Å²) in [6.45, 7) is 1.57. The van der Waals surface area contributed by atoms with Gasteiger partial charge in [0.1, 0.15) is 16.2 Å². The van der Waals surface area contributed by atoms with Gasteiger partial charge in [-0.2, -0.15) is 0 Å². The monoisotopic (exact) mass is 326 g/mol. The number of carbonyl (C=O) groups excluding carboxylic acids is 2. The SMILES string of the molecule is CC1(c2cccs2)C(=O)c2cc(O)c(Cl)c(Cl)c2C1=O. The first kappa shape index (κ1) is 13.6. The van der Waals surface area contributed by atoms with E-state index in [2.05, 4.69) is 0 Å². The lowest BCUT2D eigenvalue weighted by Gasteiger charge is -2.18. The second kappa shape index (κ2) is 4.32. The van der Waals surface area contributed by atoms with Crippen molar-refractivity contribution in [3.8, 4) is 5.75 Å². The van der Waals surface area contributed by atoms with E-state index in [-0.39, 0.29) is 38.5 Å². The molecule has 3 nitrogen and oxygen atoms in total. The number of thiophene rings is 1. The largest absolute Gasteiger partial charge is 0.506 e. The average Bonchev–Trinajstić information content (AvgIpc) is 3.01. The number of hydrogen-bond donors (Lipinski definition) is 1. The standard InChI is InChI=1S/C14H8Cl2O3S/c1-14(8-3-2-4-20-8)12(18)6-5-7(17)10(15)11(16)9(6)13(14)19/h2-5,17H,1H3. The van der Waals surface area contributed by atoms with Gasteiger partial charge in [0.15, 0.2) is 11.6 Å². The van der Waals surface area contributed by atoms with E-state index in [9.17, 15) is 14.7 Å². The van der Waals surface area contributed by atoms with E-state index in [4.69, 9.17) is 23.2 Å². The van der Waals surface area contributed by atoms with Crippen molar-refractivity contribution in [3.05, 3.63) is 49.6 Å². The zero-order valence-corrected chi connectivity index (χ0v) is 12.6. The van der Waals surface area contributed by atoms with Crippen molar-refractivity contribution in [2.45, 2.75) is 12.3 Å². The molecule has 0 fully saturated rings. The Morgan fingerprint density at radius 2 is 1.90 bits per heavy atom. The number of Topliss-reactive ketones (excluding diaryl/α,β-unsaturated/α-hetero) is 2. The molecule has 1 aliphatic rings. The van der Waals surface area contributed by atoms with Crippen LogP contribution in [0.4, 0.5) is 0 Å². The molecule has 0 radical (unpaired) electrons. The van der Waals surface area contributed by atoms with Crippen LogP contribution in [0.1, 0.15) is 32.5 Å². The molecule has 2 aromatic rings. The molecule has 1 aromatic heterocycles. The molecule has 102 valence electrons. The minimum absolute atomic E-state index is 0.0692. The topological polar surface area (TPSA) is 54.4 Å². The zero-order valence-electron chi connectivity index (χ0n) is 10.2. The number of aromatic hydroxyl groups is 1. The van der Waals surface area contributed by atoms with Gasteiger partial charge in [-0.3, -0.25) is 9.59 Å². The lowest BCUT2D eigenvalue weighted by atomic mass is 9.83. The highest BCUT2D eigenvalue weighted by atomic mass is 35.5. The van der Waals surface area contributed by atoms with E-state index in [0.29, 0.717) is 4.88 Å². The molecular formula is C14H8Cl2O3S. The Morgan fingerprint density at radius 3 is 2.50 bits per heavy atom. The third kappa shape index (κ3) is 1.53. The van der Waals surface area contributed by atoms with Crippen LogP contribution in [0.3, 0.4) is 0 Å². The lowest BCUT2D eigenvalue weighted by molar-refractivity contribution is 0.0813. The van der Waals surface area contributed by atoms with Gasteiger partial charge in [-0.25, -0.2) is 0 Å². The van der Waals surface area contributed by atoms with Crippen molar-refractivity contribution in [2.75, 3.05) is 0 Å². The Labute approximate surface area is 128 Å². The number of fused-ring (bicyclic) bond motifs is 1. The third-order valence-electron chi connectivity index (χ3n) is 3.58. The van der Waals surface area contributed by atoms with E-state index in [1.165, 1.54) is 17.4 Å². The maximum Gasteiger partial charge on any atom is 0.184 e. The molecule has 0 spiro atoms. The molecular weight excluding hydrogens is 319 g/mol. The normalized spacial score (nSPS) is 21.4. The number of phenolic OH excluding ortho intramolecular Hbond substituents is 1. The van der Waals surface area contributed by atoms with Crippen molar-refractivity contribution in [3.63, 3.8) is 0 Å². The van der Waals surface area contributed by atoms with Crippen molar-refractivity contribution in [1.29, 1.82) is 0 Å². The summed E-state index contributed by atoms with van der Waals surface area (Å²) in [4.78, 5) is 25.9. The molecule has 1 atom stereocenters. The van der Waals surface area contributed by atoms with E-state index < -0.39 is 5.41 Å². The highest BCUT2D eigenvalue weighted by Gasteiger charge is 2.52. The molecule has 6 heteroatoms. The summed E-state index contributed by atoms with van der Waals surface area (Å²) < 4.78 is 0. The first-order valence-electron chi connectivity index (χ1n) is 5.73. The van der Waals surface area contributed by atoms with Gasteiger partial charge in [0.05, 0.1) is 10.6 Å². The van der Waals surface area contributed by atoms with Gasteiger partial charge in [0.2, 0.25) is 0 Å². The summed E-state index contributed by atoms with van der Waals surface area (Å²) in [5.41, 5.74) is -1.08.